The van der Waals surface area contributed by atoms with Crippen molar-refractivity contribution in [2.75, 3.05) is 0 Å². The summed E-state index contributed by atoms with van der Waals surface area (Å²) in [5, 5.41) is 0. The van der Waals surface area contributed by atoms with Crippen molar-refractivity contribution in [3.63, 3.8) is 0 Å². The van der Waals surface area contributed by atoms with Crippen LogP contribution in [0.3, 0.4) is 0 Å². The fraction of sp³-hybridized carbons (Fsp3) is 0.750. The maximum Gasteiger partial charge on any atom is 0.294 e. The van der Waals surface area contributed by atoms with E-state index in [-0.39, 0.29) is 12.8 Å². The zero-order valence-electron chi connectivity index (χ0n) is 8.49. The average molecular weight is 219 g/mol. The lowest BCUT2D eigenvalue weighted by Crippen LogP contribution is -2.25. The van der Waals surface area contributed by atoms with E-state index in [0.717, 1.165) is 4.67 Å². The number of rotatable bonds is 2. The highest BCUT2D eigenvalue weighted by atomic mass is 31.1. The van der Waals surface area contributed by atoms with Crippen LogP contribution in [-0.4, -0.2) is 22.1 Å². The first-order chi connectivity index (χ1) is 6.31. The van der Waals surface area contributed by atoms with E-state index in [2.05, 4.69) is 0 Å². The average Bonchev–Trinajstić information content (AvgIpc) is 2.27. The van der Waals surface area contributed by atoms with Crippen LogP contribution < -0.4 is 0 Å². The minimum Gasteiger partial charge on any atom is -0.309 e. The van der Waals surface area contributed by atoms with Crippen molar-refractivity contribution >= 4 is 20.0 Å². The molecule has 5 nitrogen and oxygen atoms in total. The number of hydrogen-bond donors (Lipinski definition) is 0. The first-order valence-corrected chi connectivity index (χ1v) is 5.66. The Morgan fingerprint density at radius 2 is 1.64 bits per heavy atom. The number of carbonyl (C=O) groups excluding carboxylic acids is 2. The molecule has 0 spiro atoms. The Kier molecular flexibility index (Phi) is 3.12. The molecule has 1 heterocycles. The Labute approximate surface area is 83.3 Å². The van der Waals surface area contributed by atoms with Crippen molar-refractivity contribution in [2.45, 2.75) is 39.2 Å². The molecule has 0 aromatic carbocycles. The molecule has 1 aliphatic rings. The van der Waals surface area contributed by atoms with E-state index in [4.69, 9.17) is 4.52 Å². The summed E-state index contributed by atoms with van der Waals surface area (Å²) < 4.78 is 17.4. The number of hydrogen-bond acceptors (Lipinski definition) is 4. The van der Waals surface area contributed by atoms with E-state index in [0.29, 0.717) is 0 Å². The second-order valence-corrected chi connectivity index (χ2v) is 5.29. The first kappa shape index (κ1) is 11.4. The highest BCUT2D eigenvalue weighted by Gasteiger charge is 2.35. The quantitative estimate of drug-likeness (QED) is 0.519. The molecule has 0 aliphatic carbocycles. The largest absolute Gasteiger partial charge is 0.309 e. The number of imide groups is 1. The van der Waals surface area contributed by atoms with Crippen LogP contribution in [-0.2, 0) is 18.7 Å². The maximum absolute atomic E-state index is 11.5. The van der Waals surface area contributed by atoms with Crippen LogP contribution in [0, 0.1) is 0 Å². The van der Waals surface area contributed by atoms with E-state index in [1.54, 1.807) is 20.8 Å². The molecule has 0 aromatic heterocycles. The summed E-state index contributed by atoms with van der Waals surface area (Å²) in [5.74, 6) is -0.800. The van der Waals surface area contributed by atoms with Crippen molar-refractivity contribution in [1.82, 2.24) is 4.67 Å². The molecule has 0 aromatic rings. The van der Waals surface area contributed by atoms with Gasteiger partial charge < -0.3 is 4.52 Å². The number of nitrogens with zero attached hydrogens (tertiary/aromatic N) is 1. The molecule has 1 atom stereocenters. The number of carbonyl (C=O) groups is 2. The van der Waals surface area contributed by atoms with Crippen LogP contribution in [0.1, 0.15) is 33.6 Å². The van der Waals surface area contributed by atoms with Gasteiger partial charge in [0.2, 0.25) is 11.8 Å². The van der Waals surface area contributed by atoms with E-state index in [1.165, 1.54) is 0 Å². The zero-order chi connectivity index (χ0) is 10.9. The normalized spacial score (nSPS) is 20.4. The second-order valence-electron chi connectivity index (χ2n) is 4.10. The van der Waals surface area contributed by atoms with E-state index in [1.807, 2.05) is 0 Å². The summed E-state index contributed by atoms with van der Waals surface area (Å²) in [6.07, 6.45) is 0.283. The summed E-state index contributed by atoms with van der Waals surface area (Å²) in [6.45, 7) is 5.17. The minimum atomic E-state index is -2.74. The Hall–Kier alpha value is -0.670. The van der Waals surface area contributed by atoms with Crippen molar-refractivity contribution in [3.05, 3.63) is 0 Å². The maximum atomic E-state index is 11.5. The van der Waals surface area contributed by atoms with Crippen molar-refractivity contribution in [1.29, 1.82) is 0 Å². The molecule has 0 radical (unpaired) electrons. The van der Waals surface area contributed by atoms with Crippen LogP contribution in [0.5, 0.6) is 0 Å². The van der Waals surface area contributed by atoms with Gasteiger partial charge in [-0.15, -0.1) is 0 Å². The third kappa shape index (κ3) is 2.66. The molecule has 14 heavy (non-hydrogen) atoms. The van der Waals surface area contributed by atoms with Gasteiger partial charge in [-0.25, -0.2) is 4.67 Å². The lowest BCUT2D eigenvalue weighted by molar-refractivity contribution is -0.133. The Morgan fingerprint density at radius 1 is 1.21 bits per heavy atom. The highest BCUT2D eigenvalue weighted by molar-refractivity contribution is 7.38. The predicted molar refractivity (Wildman–Crippen MR) is 50.9 cm³/mol. The molecule has 80 valence electrons. The summed E-state index contributed by atoms with van der Waals surface area (Å²) in [7, 11) is -2.74. The summed E-state index contributed by atoms with van der Waals surface area (Å²) in [6, 6.07) is 0. The van der Waals surface area contributed by atoms with Crippen LogP contribution in [0.25, 0.3) is 0 Å². The number of amides is 2. The molecule has 1 unspecified atom stereocenters. The SMILES string of the molecule is CC(C)(C)O[PH](=O)N1C(=O)CCC1=O. The van der Waals surface area contributed by atoms with Gasteiger partial charge in [-0.1, -0.05) is 0 Å². The van der Waals surface area contributed by atoms with Gasteiger partial charge in [0.15, 0.2) is 0 Å². The second kappa shape index (κ2) is 3.83. The van der Waals surface area contributed by atoms with Crippen molar-refractivity contribution in [2.24, 2.45) is 0 Å². The zero-order valence-corrected chi connectivity index (χ0v) is 9.49. The summed E-state index contributed by atoms with van der Waals surface area (Å²) in [4.78, 5) is 22.3. The molecule has 1 fully saturated rings. The molecule has 0 saturated carbocycles. The molecule has 2 amide bonds. The smallest absolute Gasteiger partial charge is 0.294 e. The third-order valence-electron chi connectivity index (χ3n) is 1.63. The molecular weight excluding hydrogens is 205 g/mol. The van der Waals surface area contributed by atoms with Crippen LogP contribution in [0.4, 0.5) is 0 Å². The molecule has 1 rings (SSSR count). The van der Waals surface area contributed by atoms with Crippen LogP contribution in [0.2, 0.25) is 0 Å². The predicted octanol–water partition coefficient (Wildman–Crippen LogP) is 1.34. The molecule has 1 saturated heterocycles. The van der Waals surface area contributed by atoms with E-state index < -0.39 is 25.6 Å². The van der Waals surface area contributed by atoms with Crippen LogP contribution in [0.15, 0.2) is 0 Å². The van der Waals surface area contributed by atoms with E-state index >= 15 is 0 Å². The van der Waals surface area contributed by atoms with Gasteiger partial charge in [-0.05, 0) is 20.8 Å². The van der Waals surface area contributed by atoms with Crippen molar-refractivity contribution < 1.29 is 18.7 Å². The monoisotopic (exact) mass is 219 g/mol. The Morgan fingerprint density at radius 3 is 2.00 bits per heavy atom. The molecule has 0 bridgehead atoms. The minimum absolute atomic E-state index is 0.142. The lowest BCUT2D eigenvalue weighted by Gasteiger charge is -2.22. The van der Waals surface area contributed by atoms with Crippen molar-refractivity contribution in [3.8, 4) is 0 Å². The van der Waals surface area contributed by atoms with Gasteiger partial charge in [0.1, 0.15) is 0 Å². The topological polar surface area (TPSA) is 63.7 Å². The molecular formula is C8H14NO4P. The van der Waals surface area contributed by atoms with Crippen LogP contribution >= 0.6 is 8.18 Å². The summed E-state index contributed by atoms with van der Waals surface area (Å²) >= 11 is 0. The Balaban J connectivity index is 2.70. The van der Waals surface area contributed by atoms with Gasteiger partial charge in [0.05, 0.1) is 5.60 Å². The summed E-state index contributed by atoms with van der Waals surface area (Å²) in [5.41, 5.74) is -0.612. The highest BCUT2D eigenvalue weighted by Crippen LogP contribution is 2.37. The van der Waals surface area contributed by atoms with Gasteiger partial charge in [-0.3, -0.25) is 14.2 Å². The first-order valence-electron chi connectivity index (χ1n) is 4.40. The third-order valence-corrected chi connectivity index (χ3v) is 3.28. The molecule has 6 heteroatoms. The molecule has 0 N–H and O–H groups in total. The van der Waals surface area contributed by atoms with E-state index in [9.17, 15) is 14.2 Å². The van der Waals surface area contributed by atoms with Gasteiger partial charge in [-0.2, -0.15) is 0 Å². The Bertz CT molecular complexity index is 278. The standard InChI is InChI=1S/C8H14NO4P/c1-8(2,3)13-14(12)9-6(10)4-5-7(9)11/h14H,4-5H2,1-3H3. The van der Waals surface area contributed by atoms with Gasteiger partial charge >= 0.3 is 0 Å². The molecule has 1 aliphatic heterocycles. The lowest BCUT2D eigenvalue weighted by atomic mass is 10.2. The van der Waals surface area contributed by atoms with Gasteiger partial charge in [0, 0.05) is 12.8 Å². The fourth-order valence-corrected chi connectivity index (χ4v) is 2.33. The van der Waals surface area contributed by atoms with Gasteiger partial charge in [0.25, 0.3) is 8.18 Å². The fourth-order valence-electron chi connectivity index (χ4n) is 1.09.